The van der Waals surface area contributed by atoms with Gasteiger partial charge in [-0.2, -0.15) is 0 Å². The third-order valence-corrected chi connectivity index (χ3v) is 5.71. The molecule has 170 valence electrons. The molecule has 3 rings (SSSR count). The van der Waals surface area contributed by atoms with Crippen LogP contribution in [0.2, 0.25) is 0 Å². The molecule has 3 aromatic rings. The number of hydrogen-bond acceptors (Lipinski definition) is 7. The van der Waals surface area contributed by atoms with Gasteiger partial charge in [-0.1, -0.05) is 23.1 Å². The van der Waals surface area contributed by atoms with Gasteiger partial charge in [0, 0.05) is 5.69 Å². The first-order chi connectivity index (χ1) is 15.0. The van der Waals surface area contributed by atoms with Crippen molar-refractivity contribution in [3.05, 3.63) is 53.8 Å². The van der Waals surface area contributed by atoms with E-state index in [2.05, 4.69) is 25.6 Å². The molecule has 1 atom stereocenters. The predicted octanol–water partition coefficient (Wildman–Crippen LogP) is 5.72. The maximum Gasteiger partial charge on any atom is 0.573 e. The molecule has 0 saturated heterocycles. The number of thioether (sulfide) groups is 1. The van der Waals surface area contributed by atoms with E-state index in [1.54, 1.807) is 0 Å². The molecule has 0 aliphatic heterocycles. The molecule has 0 spiro atoms. The molecule has 0 radical (unpaired) electrons. The minimum absolute atomic E-state index is 0.302. The van der Waals surface area contributed by atoms with Gasteiger partial charge in [0.15, 0.2) is 21.8 Å². The molecule has 1 amide bonds. The Kier molecular flexibility index (Phi) is 7.13. The molecule has 0 saturated carbocycles. The average molecular weight is 494 g/mol. The van der Waals surface area contributed by atoms with Gasteiger partial charge in [0.25, 0.3) is 0 Å². The normalized spacial score (nSPS) is 12.3. The van der Waals surface area contributed by atoms with Crippen molar-refractivity contribution in [1.82, 2.24) is 10.2 Å². The summed E-state index contributed by atoms with van der Waals surface area (Å²) in [7, 11) is 0. The predicted molar refractivity (Wildman–Crippen MR) is 107 cm³/mol. The van der Waals surface area contributed by atoms with E-state index >= 15 is 0 Å². The lowest BCUT2D eigenvalue weighted by atomic mass is 10.2. The monoisotopic (exact) mass is 494 g/mol. The summed E-state index contributed by atoms with van der Waals surface area (Å²) in [4.78, 5) is 12.2. The van der Waals surface area contributed by atoms with Crippen LogP contribution in [0.3, 0.4) is 0 Å². The number of hydrogen-bond donors (Lipinski definition) is 2. The molecule has 0 bridgehead atoms. The molecule has 1 aromatic heterocycles. The van der Waals surface area contributed by atoms with Crippen LogP contribution in [0, 0.1) is 17.5 Å². The number of benzene rings is 2. The quantitative estimate of drug-likeness (QED) is 0.249. The third kappa shape index (κ3) is 6.26. The van der Waals surface area contributed by atoms with E-state index in [0.717, 1.165) is 41.3 Å². The van der Waals surface area contributed by atoms with Gasteiger partial charge in [-0.3, -0.25) is 4.79 Å². The zero-order chi connectivity index (χ0) is 23.5. The van der Waals surface area contributed by atoms with Crippen LogP contribution in [-0.2, 0) is 4.79 Å². The van der Waals surface area contributed by atoms with Crippen LogP contribution in [0.1, 0.15) is 6.92 Å². The number of carbonyl (C=O) groups is 1. The van der Waals surface area contributed by atoms with Crippen LogP contribution in [-0.4, -0.2) is 27.7 Å². The molecule has 0 fully saturated rings. The van der Waals surface area contributed by atoms with Gasteiger partial charge in [-0.05, 0) is 43.3 Å². The zero-order valence-electron chi connectivity index (χ0n) is 15.8. The van der Waals surface area contributed by atoms with Crippen LogP contribution in [0.5, 0.6) is 5.75 Å². The number of amides is 1. The van der Waals surface area contributed by atoms with Crippen LogP contribution >= 0.6 is 23.1 Å². The Labute approximate surface area is 185 Å². The highest BCUT2D eigenvalue weighted by molar-refractivity contribution is 8.02. The lowest BCUT2D eigenvalue weighted by molar-refractivity contribution is -0.274. The number of ether oxygens (including phenoxy) is 1. The van der Waals surface area contributed by atoms with Crippen molar-refractivity contribution in [3.8, 4) is 5.75 Å². The fourth-order valence-electron chi connectivity index (χ4n) is 2.23. The standard InChI is InChI=1S/C18H12F6N4O2S2/c1-8(15(29)26-12-7-6-11(19)13(20)14(12)21)31-17-28-27-16(32-17)25-9-2-4-10(5-3-9)30-18(22,23)24/h2-8H,1H3,(H,25,27)(H,26,29). The molecular weight excluding hydrogens is 482 g/mol. The van der Waals surface area contributed by atoms with Crippen LogP contribution in [0.4, 0.5) is 42.8 Å². The lowest BCUT2D eigenvalue weighted by Gasteiger charge is -2.11. The molecule has 14 heteroatoms. The number of carbonyl (C=O) groups excluding carboxylic acids is 1. The van der Waals surface area contributed by atoms with E-state index in [1.807, 2.05) is 0 Å². The second-order valence-electron chi connectivity index (χ2n) is 6.04. The summed E-state index contributed by atoms with van der Waals surface area (Å²) in [5, 5.41) is 12.3. The Balaban J connectivity index is 1.57. The lowest BCUT2D eigenvalue weighted by Crippen LogP contribution is -2.23. The molecule has 6 nitrogen and oxygen atoms in total. The number of nitrogens with one attached hydrogen (secondary N) is 2. The molecule has 2 N–H and O–H groups in total. The SMILES string of the molecule is CC(Sc1nnc(Nc2ccc(OC(F)(F)F)cc2)s1)C(=O)Nc1ccc(F)c(F)c1F. The van der Waals surface area contributed by atoms with Crippen LogP contribution in [0.25, 0.3) is 0 Å². The Morgan fingerprint density at radius 2 is 1.75 bits per heavy atom. The summed E-state index contributed by atoms with van der Waals surface area (Å²) in [6.45, 7) is 1.49. The largest absolute Gasteiger partial charge is 0.573 e. The van der Waals surface area contributed by atoms with Crippen molar-refractivity contribution in [1.29, 1.82) is 0 Å². The van der Waals surface area contributed by atoms with E-state index < -0.39 is 40.7 Å². The second kappa shape index (κ2) is 9.65. The Morgan fingerprint density at radius 1 is 1.06 bits per heavy atom. The highest BCUT2D eigenvalue weighted by Gasteiger charge is 2.31. The summed E-state index contributed by atoms with van der Waals surface area (Å²) in [6.07, 6.45) is -4.79. The molecule has 32 heavy (non-hydrogen) atoms. The summed E-state index contributed by atoms with van der Waals surface area (Å²) < 4.78 is 80.7. The topological polar surface area (TPSA) is 76.1 Å². The average Bonchev–Trinajstić information content (AvgIpc) is 3.15. The van der Waals surface area contributed by atoms with Gasteiger partial charge in [-0.25, -0.2) is 13.2 Å². The minimum atomic E-state index is -4.79. The first kappa shape index (κ1) is 23.7. The molecule has 2 aromatic carbocycles. The van der Waals surface area contributed by atoms with Crippen LogP contribution in [0.15, 0.2) is 40.7 Å². The van der Waals surface area contributed by atoms with Crippen molar-refractivity contribution >= 4 is 45.5 Å². The van der Waals surface area contributed by atoms with Gasteiger partial charge < -0.3 is 15.4 Å². The number of nitrogens with zero attached hydrogens (tertiary/aromatic N) is 2. The number of aromatic nitrogens is 2. The summed E-state index contributed by atoms with van der Waals surface area (Å²) in [5.74, 6) is -5.64. The van der Waals surface area contributed by atoms with E-state index in [1.165, 1.54) is 19.1 Å². The molecule has 1 heterocycles. The summed E-state index contributed by atoms with van der Waals surface area (Å²) >= 11 is 2.04. The van der Waals surface area contributed by atoms with Crippen molar-refractivity contribution in [2.75, 3.05) is 10.6 Å². The van der Waals surface area contributed by atoms with Crippen molar-refractivity contribution in [3.63, 3.8) is 0 Å². The number of anilines is 3. The van der Waals surface area contributed by atoms with E-state index in [4.69, 9.17) is 0 Å². The van der Waals surface area contributed by atoms with E-state index in [0.29, 0.717) is 21.2 Å². The van der Waals surface area contributed by atoms with Gasteiger partial charge in [0.1, 0.15) is 5.75 Å². The maximum absolute atomic E-state index is 13.7. The highest BCUT2D eigenvalue weighted by atomic mass is 32.2. The Morgan fingerprint density at radius 3 is 2.41 bits per heavy atom. The second-order valence-corrected chi connectivity index (χ2v) is 8.61. The molecule has 0 aliphatic rings. The fourth-order valence-corrected chi connectivity index (χ4v) is 4.15. The van der Waals surface area contributed by atoms with Crippen molar-refractivity contribution in [2.24, 2.45) is 0 Å². The van der Waals surface area contributed by atoms with E-state index in [-0.39, 0.29) is 5.75 Å². The van der Waals surface area contributed by atoms with Crippen LogP contribution < -0.4 is 15.4 Å². The molecule has 0 aliphatic carbocycles. The first-order valence-corrected chi connectivity index (χ1v) is 10.3. The van der Waals surface area contributed by atoms with Gasteiger partial charge in [0.2, 0.25) is 11.0 Å². The Bertz CT molecular complexity index is 1110. The smallest absolute Gasteiger partial charge is 0.406 e. The van der Waals surface area contributed by atoms with Crippen molar-refractivity contribution < 1.29 is 35.9 Å². The number of halogens is 6. The zero-order valence-corrected chi connectivity index (χ0v) is 17.5. The maximum atomic E-state index is 13.7. The summed E-state index contributed by atoms with van der Waals surface area (Å²) in [5.41, 5.74) is -0.0780. The Hall–Kier alpha value is -3.00. The minimum Gasteiger partial charge on any atom is -0.406 e. The molecular formula is C18H12F6N4O2S2. The third-order valence-electron chi connectivity index (χ3n) is 3.69. The van der Waals surface area contributed by atoms with Gasteiger partial charge >= 0.3 is 6.36 Å². The first-order valence-electron chi connectivity index (χ1n) is 8.59. The van der Waals surface area contributed by atoms with E-state index in [9.17, 15) is 31.1 Å². The molecule has 1 unspecified atom stereocenters. The summed E-state index contributed by atoms with van der Waals surface area (Å²) in [6, 6.07) is 6.54. The highest BCUT2D eigenvalue weighted by Crippen LogP contribution is 2.32. The van der Waals surface area contributed by atoms with Gasteiger partial charge in [-0.15, -0.1) is 23.4 Å². The number of alkyl halides is 3. The fraction of sp³-hybridized carbons (Fsp3) is 0.167. The van der Waals surface area contributed by atoms with Crippen molar-refractivity contribution in [2.45, 2.75) is 22.9 Å². The van der Waals surface area contributed by atoms with Gasteiger partial charge in [0.05, 0.1) is 10.9 Å². The number of rotatable bonds is 7.